The summed E-state index contributed by atoms with van der Waals surface area (Å²) in [5.74, 6) is 1.33. The predicted molar refractivity (Wildman–Crippen MR) is 108 cm³/mol. The summed E-state index contributed by atoms with van der Waals surface area (Å²) >= 11 is 1.25. The number of carbonyl (C=O) groups is 1. The number of fused-ring (bicyclic) bond motifs is 1. The summed E-state index contributed by atoms with van der Waals surface area (Å²) in [6, 6.07) is 7.68. The molecule has 1 aliphatic heterocycles. The molecule has 0 spiro atoms. The Morgan fingerprint density at radius 1 is 1.14 bits per heavy atom. The van der Waals surface area contributed by atoms with E-state index in [4.69, 9.17) is 14.2 Å². The number of carbonyl (C=O) groups excluding carboxylic acids is 1. The average Bonchev–Trinajstić information content (AvgIpc) is 3.15. The number of nitrogens with zero attached hydrogens (tertiary/aromatic N) is 2. The number of amides is 1. The molecule has 28 heavy (non-hydrogen) atoms. The molecule has 0 aliphatic carbocycles. The second-order valence-corrected chi connectivity index (χ2v) is 7.32. The Morgan fingerprint density at radius 3 is 2.68 bits per heavy atom. The normalized spacial score (nSPS) is 14.8. The van der Waals surface area contributed by atoms with Crippen LogP contribution in [-0.2, 0) is 9.53 Å². The zero-order valence-electron chi connectivity index (χ0n) is 15.7. The van der Waals surface area contributed by atoms with Crippen molar-refractivity contribution in [2.75, 3.05) is 32.8 Å². The van der Waals surface area contributed by atoms with Gasteiger partial charge in [0.05, 0.1) is 14.2 Å². The lowest BCUT2D eigenvalue weighted by atomic mass is 9.99. The van der Waals surface area contributed by atoms with Gasteiger partial charge in [0.2, 0.25) is 5.91 Å². The van der Waals surface area contributed by atoms with E-state index < -0.39 is 0 Å². The van der Waals surface area contributed by atoms with E-state index in [0.717, 1.165) is 29.5 Å². The van der Waals surface area contributed by atoms with Crippen molar-refractivity contribution >= 4 is 33.5 Å². The minimum absolute atomic E-state index is 0.0135. The molecule has 1 aromatic carbocycles. The zero-order valence-corrected chi connectivity index (χ0v) is 16.5. The maximum absolute atomic E-state index is 12.5. The molecule has 0 atom stereocenters. The number of benzene rings is 1. The number of nitrogens with one attached hydrogen (secondary N) is 1. The van der Waals surface area contributed by atoms with E-state index in [1.165, 1.54) is 11.5 Å². The molecule has 146 valence electrons. The molecular weight excluding hydrogens is 378 g/mol. The molecule has 4 rings (SSSR count). The van der Waals surface area contributed by atoms with E-state index in [-0.39, 0.29) is 11.8 Å². The van der Waals surface area contributed by atoms with Gasteiger partial charge in [0.15, 0.2) is 11.5 Å². The van der Waals surface area contributed by atoms with Crippen molar-refractivity contribution in [2.24, 2.45) is 5.92 Å². The minimum Gasteiger partial charge on any atom is -0.493 e. The van der Waals surface area contributed by atoms with Gasteiger partial charge >= 0.3 is 0 Å². The van der Waals surface area contributed by atoms with Crippen molar-refractivity contribution in [1.82, 2.24) is 9.36 Å². The summed E-state index contributed by atoms with van der Waals surface area (Å²) in [7, 11) is 3.22. The number of ether oxygens (including phenoxy) is 3. The Kier molecular flexibility index (Phi) is 5.40. The fourth-order valence-corrected chi connectivity index (χ4v) is 3.98. The Labute approximate surface area is 166 Å². The van der Waals surface area contributed by atoms with E-state index >= 15 is 0 Å². The molecule has 3 aromatic rings. The van der Waals surface area contributed by atoms with Crippen LogP contribution in [0.5, 0.6) is 11.5 Å². The van der Waals surface area contributed by atoms with Crippen LogP contribution in [0.1, 0.15) is 12.8 Å². The third-order valence-electron chi connectivity index (χ3n) is 4.86. The maximum Gasteiger partial charge on any atom is 0.228 e. The molecule has 0 saturated carbocycles. The first-order chi connectivity index (χ1) is 13.7. The summed E-state index contributed by atoms with van der Waals surface area (Å²) in [5.41, 5.74) is 3.32. The summed E-state index contributed by atoms with van der Waals surface area (Å²) in [6.45, 7) is 1.27. The highest BCUT2D eigenvalue weighted by molar-refractivity contribution is 7.12. The van der Waals surface area contributed by atoms with Gasteiger partial charge in [-0.15, -0.1) is 0 Å². The first kappa shape index (κ1) is 18.6. The molecule has 7 nitrogen and oxygen atoms in total. The van der Waals surface area contributed by atoms with Crippen molar-refractivity contribution in [3.63, 3.8) is 0 Å². The Bertz CT molecular complexity index is 998. The molecule has 1 N–H and O–H groups in total. The van der Waals surface area contributed by atoms with Crippen LogP contribution in [0.3, 0.4) is 0 Å². The van der Waals surface area contributed by atoms with Gasteiger partial charge in [0.1, 0.15) is 16.0 Å². The number of rotatable bonds is 5. The van der Waals surface area contributed by atoms with Gasteiger partial charge in [-0.3, -0.25) is 9.78 Å². The Balaban J connectivity index is 1.58. The zero-order chi connectivity index (χ0) is 19.5. The SMILES string of the molecule is COc1ccc(-c2cnc3c(NC(=O)C4CCOCC4)snc3c2)cc1OC. The number of methoxy groups -OCH3 is 2. The van der Waals surface area contributed by atoms with Gasteiger partial charge in [-0.25, -0.2) is 0 Å². The van der Waals surface area contributed by atoms with Crippen LogP contribution < -0.4 is 14.8 Å². The lowest BCUT2D eigenvalue weighted by molar-refractivity contribution is -0.122. The monoisotopic (exact) mass is 399 g/mol. The van der Waals surface area contributed by atoms with Crippen molar-refractivity contribution in [3.8, 4) is 22.6 Å². The van der Waals surface area contributed by atoms with Gasteiger partial charge in [-0.2, -0.15) is 4.37 Å². The predicted octanol–water partition coefficient (Wildman–Crippen LogP) is 3.74. The summed E-state index contributed by atoms with van der Waals surface area (Å²) < 4.78 is 20.5. The molecule has 0 bridgehead atoms. The highest BCUT2D eigenvalue weighted by atomic mass is 32.1. The lowest BCUT2D eigenvalue weighted by Crippen LogP contribution is -2.28. The largest absolute Gasteiger partial charge is 0.493 e. The van der Waals surface area contributed by atoms with Crippen LogP contribution in [0.15, 0.2) is 30.5 Å². The topological polar surface area (TPSA) is 82.6 Å². The van der Waals surface area contributed by atoms with E-state index in [1.807, 2.05) is 24.3 Å². The van der Waals surface area contributed by atoms with Crippen molar-refractivity contribution in [1.29, 1.82) is 0 Å². The molecular formula is C20H21N3O4S. The van der Waals surface area contributed by atoms with Gasteiger partial charge in [-0.05, 0) is 48.1 Å². The second-order valence-electron chi connectivity index (χ2n) is 6.55. The molecule has 3 heterocycles. The fourth-order valence-electron chi connectivity index (χ4n) is 3.27. The highest BCUT2D eigenvalue weighted by Crippen LogP contribution is 2.34. The summed E-state index contributed by atoms with van der Waals surface area (Å²) in [6.07, 6.45) is 3.28. The number of aromatic nitrogens is 2. The standard InChI is InChI=1S/C20H21N3O4S/c1-25-16-4-3-13(10-17(16)26-2)14-9-15-18(21-11-14)20(28-23-15)22-19(24)12-5-7-27-8-6-12/h3-4,9-12H,5-8H2,1-2H3,(H,22,24). The van der Waals surface area contributed by atoms with Crippen LogP contribution in [0, 0.1) is 5.92 Å². The number of anilines is 1. The van der Waals surface area contributed by atoms with E-state index in [2.05, 4.69) is 14.7 Å². The Morgan fingerprint density at radius 2 is 1.93 bits per heavy atom. The van der Waals surface area contributed by atoms with Crippen LogP contribution in [-0.4, -0.2) is 42.7 Å². The van der Waals surface area contributed by atoms with Crippen molar-refractivity contribution in [3.05, 3.63) is 30.5 Å². The number of hydrogen-bond acceptors (Lipinski definition) is 7. The van der Waals surface area contributed by atoms with Crippen molar-refractivity contribution < 1.29 is 19.0 Å². The van der Waals surface area contributed by atoms with E-state index in [9.17, 15) is 4.79 Å². The van der Waals surface area contributed by atoms with Gasteiger partial charge in [0.25, 0.3) is 0 Å². The smallest absolute Gasteiger partial charge is 0.228 e. The number of pyridine rings is 1. The van der Waals surface area contributed by atoms with Gasteiger partial charge in [-0.1, -0.05) is 6.07 Å². The van der Waals surface area contributed by atoms with Gasteiger partial charge < -0.3 is 19.5 Å². The Hall–Kier alpha value is -2.71. The fraction of sp³-hybridized carbons (Fsp3) is 0.350. The molecule has 1 saturated heterocycles. The first-order valence-corrected chi connectivity index (χ1v) is 9.83. The van der Waals surface area contributed by atoms with Crippen LogP contribution in [0.4, 0.5) is 5.00 Å². The molecule has 0 unspecified atom stereocenters. The van der Waals surface area contributed by atoms with Crippen LogP contribution in [0.25, 0.3) is 22.2 Å². The minimum atomic E-state index is -0.0167. The highest BCUT2D eigenvalue weighted by Gasteiger charge is 2.23. The van der Waals surface area contributed by atoms with Crippen LogP contribution >= 0.6 is 11.5 Å². The van der Waals surface area contributed by atoms with Gasteiger partial charge in [0, 0.05) is 30.9 Å². The van der Waals surface area contributed by atoms with Crippen LogP contribution in [0.2, 0.25) is 0 Å². The lowest BCUT2D eigenvalue weighted by Gasteiger charge is -2.20. The molecule has 8 heteroatoms. The van der Waals surface area contributed by atoms with E-state index in [0.29, 0.717) is 35.2 Å². The third-order valence-corrected chi connectivity index (χ3v) is 5.63. The molecule has 1 aliphatic rings. The number of hydrogen-bond donors (Lipinski definition) is 1. The molecule has 1 fully saturated rings. The van der Waals surface area contributed by atoms with E-state index in [1.54, 1.807) is 20.4 Å². The molecule has 0 radical (unpaired) electrons. The summed E-state index contributed by atoms with van der Waals surface area (Å²) in [4.78, 5) is 17.0. The average molecular weight is 399 g/mol. The first-order valence-electron chi connectivity index (χ1n) is 9.06. The van der Waals surface area contributed by atoms with Crippen molar-refractivity contribution in [2.45, 2.75) is 12.8 Å². The molecule has 1 amide bonds. The maximum atomic E-state index is 12.5. The molecule has 2 aromatic heterocycles. The quantitative estimate of drug-likeness (QED) is 0.704. The third kappa shape index (κ3) is 3.65. The second kappa shape index (κ2) is 8.12. The summed E-state index contributed by atoms with van der Waals surface area (Å²) in [5, 5.41) is 3.68.